The topological polar surface area (TPSA) is 69.6 Å². The lowest BCUT2D eigenvalue weighted by molar-refractivity contribution is -0.126. The average molecular weight is 368 g/mol. The van der Waals surface area contributed by atoms with Crippen molar-refractivity contribution in [3.05, 3.63) is 64.5 Å². The zero-order chi connectivity index (χ0) is 19.2. The molecule has 1 aliphatic heterocycles. The number of anilines is 1. The van der Waals surface area contributed by atoms with Gasteiger partial charge < -0.3 is 4.90 Å². The lowest BCUT2D eigenvalue weighted by atomic mass is 9.70. The molecule has 1 atom stereocenters. The van der Waals surface area contributed by atoms with E-state index >= 15 is 0 Å². The molecule has 1 fully saturated rings. The fourth-order valence-corrected chi connectivity index (χ4v) is 4.34. The summed E-state index contributed by atoms with van der Waals surface area (Å²) in [4.78, 5) is 26.4. The Bertz CT molecular complexity index is 943. The van der Waals surface area contributed by atoms with E-state index in [0.717, 1.165) is 16.7 Å². The third kappa shape index (κ3) is 2.90. The van der Waals surface area contributed by atoms with E-state index in [-0.39, 0.29) is 11.7 Å². The SMILES string of the molecule is Cc1ccc(F)c(N2CC[C@@]3(CCc4cc(C(=O)NO)ccc4C3)C2=O)c1. The summed E-state index contributed by atoms with van der Waals surface area (Å²) >= 11 is 0. The number of nitrogens with one attached hydrogen (secondary N) is 1. The van der Waals surface area contributed by atoms with Crippen LogP contribution in [0.5, 0.6) is 0 Å². The van der Waals surface area contributed by atoms with Crippen molar-refractivity contribution in [2.75, 3.05) is 11.4 Å². The Morgan fingerprint density at radius 2 is 2.00 bits per heavy atom. The van der Waals surface area contributed by atoms with E-state index in [9.17, 15) is 14.0 Å². The van der Waals surface area contributed by atoms with E-state index in [2.05, 4.69) is 0 Å². The lowest BCUT2D eigenvalue weighted by Crippen LogP contribution is -2.39. The Kier molecular flexibility index (Phi) is 4.23. The van der Waals surface area contributed by atoms with Gasteiger partial charge in [0.05, 0.1) is 11.1 Å². The number of halogens is 1. The molecule has 140 valence electrons. The molecule has 1 spiro atoms. The van der Waals surface area contributed by atoms with Crippen molar-refractivity contribution in [1.29, 1.82) is 0 Å². The van der Waals surface area contributed by atoms with Crippen LogP contribution in [0.4, 0.5) is 10.1 Å². The minimum atomic E-state index is -0.545. The Morgan fingerprint density at radius 3 is 2.78 bits per heavy atom. The molecule has 1 aliphatic carbocycles. The van der Waals surface area contributed by atoms with Crippen molar-refractivity contribution in [2.24, 2.45) is 5.41 Å². The number of aryl methyl sites for hydroxylation is 2. The van der Waals surface area contributed by atoms with Gasteiger partial charge in [-0.1, -0.05) is 12.1 Å². The Labute approximate surface area is 156 Å². The molecular formula is C21H21FN2O3. The first-order chi connectivity index (χ1) is 12.9. The molecule has 2 N–H and O–H groups in total. The largest absolute Gasteiger partial charge is 0.309 e. The molecule has 2 amide bonds. The van der Waals surface area contributed by atoms with Crippen LogP contribution in [0.1, 0.15) is 39.9 Å². The van der Waals surface area contributed by atoms with Crippen LogP contribution in [0.2, 0.25) is 0 Å². The highest BCUT2D eigenvalue weighted by molar-refractivity contribution is 6.00. The van der Waals surface area contributed by atoms with Crippen LogP contribution in [0, 0.1) is 18.2 Å². The first-order valence-corrected chi connectivity index (χ1v) is 9.08. The molecule has 4 rings (SSSR count). The molecule has 5 nitrogen and oxygen atoms in total. The van der Waals surface area contributed by atoms with Crippen LogP contribution < -0.4 is 10.4 Å². The monoisotopic (exact) mass is 368 g/mol. The molecular weight excluding hydrogens is 347 g/mol. The highest BCUT2D eigenvalue weighted by Crippen LogP contribution is 2.45. The third-order valence-corrected chi connectivity index (χ3v) is 5.88. The van der Waals surface area contributed by atoms with Crippen LogP contribution in [-0.2, 0) is 17.6 Å². The number of fused-ring (bicyclic) bond motifs is 1. The standard InChI is InChI=1S/C21H21FN2O3/c1-13-2-5-17(22)18(10-13)24-9-8-21(20(24)26)7-6-14-11-15(19(25)23-27)3-4-16(14)12-21/h2-5,10-11,27H,6-9,12H2,1H3,(H,23,25)/t21-/m1/s1. The molecule has 2 aromatic rings. The summed E-state index contributed by atoms with van der Waals surface area (Å²) in [7, 11) is 0. The van der Waals surface area contributed by atoms with E-state index in [1.165, 1.54) is 6.07 Å². The summed E-state index contributed by atoms with van der Waals surface area (Å²) < 4.78 is 14.3. The predicted molar refractivity (Wildman–Crippen MR) is 98.3 cm³/mol. The summed E-state index contributed by atoms with van der Waals surface area (Å²) in [5.41, 5.74) is 4.87. The number of amides is 2. The summed E-state index contributed by atoms with van der Waals surface area (Å²) in [6.07, 6.45) is 2.63. The first-order valence-electron chi connectivity index (χ1n) is 9.08. The molecule has 0 unspecified atom stereocenters. The smallest absolute Gasteiger partial charge is 0.274 e. The zero-order valence-corrected chi connectivity index (χ0v) is 15.1. The fourth-order valence-electron chi connectivity index (χ4n) is 4.34. The van der Waals surface area contributed by atoms with Gasteiger partial charge in [-0.2, -0.15) is 0 Å². The van der Waals surface area contributed by atoms with Crippen molar-refractivity contribution in [1.82, 2.24) is 5.48 Å². The van der Waals surface area contributed by atoms with Gasteiger partial charge in [0.1, 0.15) is 5.82 Å². The zero-order valence-electron chi connectivity index (χ0n) is 15.1. The number of hydrogen-bond acceptors (Lipinski definition) is 3. The molecule has 0 bridgehead atoms. The van der Waals surface area contributed by atoms with Gasteiger partial charge in [0.25, 0.3) is 5.91 Å². The highest BCUT2D eigenvalue weighted by Gasteiger charge is 2.49. The van der Waals surface area contributed by atoms with E-state index < -0.39 is 11.3 Å². The Balaban J connectivity index is 1.62. The number of carbonyl (C=O) groups is 2. The second-order valence-electron chi connectivity index (χ2n) is 7.54. The Morgan fingerprint density at radius 1 is 1.19 bits per heavy atom. The van der Waals surface area contributed by atoms with Gasteiger partial charge in [0.2, 0.25) is 5.91 Å². The van der Waals surface area contributed by atoms with Crippen LogP contribution >= 0.6 is 0 Å². The van der Waals surface area contributed by atoms with Gasteiger partial charge in [-0.3, -0.25) is 14.8 Å². The van der Waals surface area contributed by atoms with Crippen molar-refractivity contribution in [2.45, 2.75) is 32.6 Å². The van der Waals surface area contributed by atoms with E-state index in [4.69, 9.17) is 5.21 Å². The minimum Gasteiger partial charge on any atom is -0.309 e. The normalized spacial score (nSPS) is 21.4. The molecule has 6 heteroatoms. The molecule has 0 saturated carbocycles. The summed E-state index contributed by atoms with van der Waals surface area (Å²) in [5, 5.41) is 8.79. The molecule has 1 heterocycles. The third-order valence-electron chi connectivity index (χ3n) is 5.88. The molecule has 2 aliphatic rings. The van der Waals surface area contributed by atoms with Gasteiger partial charge in [-0.25, -0.2) is 9.87 Å². The highest BCUT2D eigenvalue weighted by atomic mass is 19.1. The Hall–Kier alpha value is -2.73. The quantitative estimate of drug-likeness (QED) is 0.632. The van der Waals surface area contributed by atoms with E-state index in [1.807, 2.05) is 13.0 Å². The van der Waals surface area contributed by atoms with Crippen LogP contribution in [0.3, 0.4) is 0 Å². The maximum Gasteiger partial charge on any atom is 0.274 e. The van der Waals surface area contributed by atoms with Crippen molar-refractivity contribution in [3.8, 4) is 0 Å². The molecule has 0 aromatic heterocycles. The van der Waals surface area contributed by atoms with E-state index in [0.29, 0.717) is 43.5 Å². The van der Waals surface area contributed by atoms with E-state index in [1.54, 1.807) is 34.6 Å². The van der Waals surface area contributed by atoms with Crippen molar-refractivity contribution >= 4 is 17.5 Å². The second kappa shape index (κ2) is 6.46. The molecule has 2 aromatic carbocycles. The summed E-state index contributed by atoms with van der Waals surface area (Å²) in [6.45, 7) is 2.40. The number of hydrogen-bond donors (Lipinski definition) is 2. The lowest BCUT2D eigenvalue weighted by Gasteiger charge is -2.33. The molecule has 0 radical (unpaired) electrons. The van der Waals surface area contributed by atoms with Crippen LogP contribution in [0.15, 0.2) is 36.4 Å². The van der Waals surface area contributed by atoms with Crippen LogP contribution in [-0.4, -0.2) is 23.6 Å². The van der Waals surface area contributed by atoms with Gasteiger partial charge in [0, 0.05) is 12.1 Å². The fraction of sp³-hybridized carbons (Fsp3) is 0.333. The number of hydroxylamine groups is 1. The van der Waals surface area contributed by atoms with Gasteiger partial charge >= 0.3 is 0 Å². The van der Waals surface area contributed by atoms with Crippen molar-refractivity contribution in [3.63, 3.8) is 0 Å². The predicted octanol–water partition coefficient (Wildman–Crippen LogP) is 3.17. The summed E-state index contributed by atoms with van der Waals surface area (Å²) in [5.74, 6) is -0.937. The molecule has 27 heavy (non-hydrogen) atoms. The minimum absolute atomic E-state index is 0.0187. The number of benzene rings is 2. The number of nitrogens with zero attached hydrogens (tertiary/aromatic N) is 1. The van der Waals surface area contributed by atoms with Crippen molar-refractivity contribution < 1.29 is 19.2 Å². The number of rotatable bonds is 2. The maximum atomic E-state index is 14.3. The number of carbonyl (C=O) groups excluding carboxylic acids is 2. The second-order valence-corrected chi connectivity index (χ2v) is 7.54. The summed E-state index contributed by atoms with van der Waals surface area (Å²) in [6, 6.07) is 10.1. The van der Waals surface area contributed by atoms with Gasteiger partial charge in [-0.05, 0) is 73.6 Å². The maximum absolute atomic E-state index is 14.3. The van der Waals surface area contributed by atoms with Crippen LogP contribution in [0.25, 0.3) is 0 Å². The van der Waals surface area contributed by atoms with Gasteiger partial charge in [0.15, 0.2) is 0 Å². The average Bonchev–Trinajstić information content (AvgIpc) is 2.98. The molecule has 1 saturated heterocycles. The van der Waals surface area contributed by atoms with Gasteiger partial charge in [-0.15, -0.1) is 0 Å². The first kappa shape index (κ1) is 17.7.